The van der Waals surface area contributed by atoms with Crippen LogP contribution >= 0.6 is 0 Å². The molecule has 0 N–H and O–H groups in total. The summed E-state index contributed by atoms with van der Waals surface area (Å²) in [4.78, 5) is 4.85. The van der Waals surface area contributed by atoms with E-state index in [-0.39, 0.29) is 5.41 Å². The number of fused-ring (bicyclic) bond motifs is 14. The summed E-state index contributed by atoms with van der Waals surface area (Å²) >= 11 is 0. The second-order valence-electron chi connectivity index (χ2n) is 19.6. The van der Waals surface area contributed by atoms with Crippen molar-refractivity contribution in [3.63, 3.8) is 0 Å². The minimum atomic E-state index is -0.154. The number of rotatable bonds is 6. The van der Waals surface area contributed by atoms with E-state index in [2.05, 4.69) is 230 Å². The molecule has 0 atom stereocenters. The maximum Gasteiger partial charge on any atom is 0.143 e. The number of furan rings is 3. The third-order valence-electron chi connectivity index (χ3n) is 15.2. The summed E-state index contributed by atoms with van der Waals surface area (Å²) in [7, 11) is 0. The van der Waals surface area contributed by atoms with E-state index in [0.717, 1.165) is 118 Å². The lowest BCUT2D eigenvalue weighted by molar-refractivity contribution is 0.478. The quantitative estimate of drug-likeness (QED) is 0.166. The zero-order valence-corrected chi connectivity index (χ0v) is 38.7. The van der Waals surface area contributed by atoms with Crippen molar-refractivity contribution >= 4 is 132 Å². The molecule has 5 heteroatoms. The zero-order chi connectivity index (χ0) is 46.2. The topological polar surface area (TPSA) is 45.9 Å². The van der Waals surface area contributed by atoms with E-state index in [0.29, 0.717) is 0 Å². The molecule has 0 unspecified atom stereocenters. The Morgan fingerprint density at radius 1 is 0.357 bits per heavy atom. The van der Waals surface area contributed by atoms with E-state index in [4.69, 9.17) is 13.3 Å². The van der Waals surface area contributed by atoms with Crippen LogP contribution < -0.4 is 9.80 Å². The standard InChI is InChI=1S/C65H44N2O3/c1-65(2)36-35-47-51(67(43-19-7-4-8-20-43)53-24-14-26-56-60(53)49-32-28-40-16-10-12-22-46(40)64(49)70-56)33-29-41-37-57-61(62(65)58(41)47)50-38-44(30-34-54(50)68-57)66(42-17-5-3-6-18-42)52-23-13-25-55-59(52)48-31-27-39-15-9-11-21-45(39)63(48)69-55/h3-34,37-38H,35-36H2,1-2H3. The van der Waals surface area contributed by atoms with Gasteiger partial charge in [0.05, 0.1) is 22.1 Å². The van der Waals surface area contributed by atoms with E-state index in [1.54, 1.807) is 0 Å². The van der Waals surface area contributed by atoms with Crippen LogP contribution in [0.5, 0.6) is 0 Å². The molecule has 0 saturated carbocycles. The predicted molar refractivity (Wildman–Crippen MR) is 292 cm³/mol. The van der Waals surface area contributed by atoms with Gasteiger partial charge in [0.25, 0.3) is 0 Å². The molecule has 0 fully saturated rings. The molecule has 0 bridgehead atoms. The van der Waals surface area contributed by atoms with E-state index in [1.165, 1.54) is 38.4 Å². The average Bonchev–Trinajstić information content (AvgIpc) is 4.10. The monoisotopic (exact) mass is 900 g/mol. The van der Waals surface area contributed by atoms with Crippen molar-refractivity contribution in [2.45, 2.75) is 32.1 Å². The Hall–Kier alpha value is -8.80. The van der Waals surface area contributed by atoms with Crippen LogP contribution in [0.15, 0.2) is 220 Å². The largest absolute Gasteiger partial charge is 0.456 e. The SMILES string of the molecule is CC1(C)CCc2c(N(c3ccccc3)c3cccc4oc5c6ccccc6ccc5c34)ccc3cc4oc5ccc(N(c6ccccc6)c6cccc7oc8c9ccccc9ccc8c67)cc5c4c1c23. The van der Waals surface area contributed by atoms with Gasteiger partial charge >= 0.3 is 0 Å². The number of para-hydroxylation sites is 2. The highest BCUT2D eigenvalue weighted by atomic mass is 16.3. The van der Waals surface area contributed by atoms with Gasteiger partial charge in [0.15, 0.2) is 0 Å². The zero-order valence-electron chi connectivity index (χ0n) is 38.7. The van der Waals surface area contributed by atoms with Crippen LogP contribution in [0, 0.1) is 0 Å². The molecule has 0 spiro atoms. The number of nitrogens with zero attached hydrogens (tertiary/aromatic N) is 2. The summed E-state index contributed by atoms with van der Waals surface area (Å²) < 4.78 is 20.5. The highest BCUT2D eigenvalue weighted by Gasteiger charge is 2.35. The molecule has 14 aromatic rings. The Labute approximate surface area is 403 Å². The first-order chi connectivity index (χ1) is 34.5. The third kappa shape index (κ3) is 5.60. The molecule has 0 radical (unpaired) electrons. The van der Waals surface area contributed by atoms with Crippen molar-refractivity contribution in [3.8, 4) is 0 Å². The maximum absolute atomic E-state index is 6.94. The molecule has 0 amide bonds. The van der Waals surface area contributed by atoms with Gasteiger partial charge in [0, 0.05) is 55.1 Å². The summed E-state index contributed by atoms with van der Waals surface area (Å²) in [5.74, 6) is 0. The lowest BCUT2D eigenvalue weighted by atomic mass is 9.70. The van der Waals surface area contributed by atoms with Crippen LogP contribution in [0.2, 0.25) is 0 Å². The first-order valence-electron chi connectivity index (χ1n) is 24.3. The maximum atomic E-state index is 6.94. The molecule has 1 aliphatic rings. The lowest BCUT2D eigenvalue weighted by Gasteiger charge is -2.36. The highest BCUT2D eigenvalue weighted by molar-refractivity contribution is 6.22. The molecule has 70 heavy (non-hydrogen) atoms. The van der Waals surface area contributed by atoms with Gasteiger partial charge < -0.3 is 23.1 Å². The summed E-state index contributed by atoms with van der Waals surface area (Å²) in [6.45, 7) is 4.84. The molecule has 3 heterocycles. The van der Waals surface area contributed by atoms with Crippen molar-refractivity contribution in [2.24, 2.45) is 0 Å². The first kappa shape index (κ1) is 39.2. The van der Waals surface area contributed by atoms with E-state index < -0.39 is 0 Å². The molecule has 11 aromatic carbocycles. The fourth-order valence-electron chi connectivity index (χ4n) is 12.1. The van der Waals surface area contributed by atoms with Crippen molar-refractivity contribution in [1.29, 1.82) is 0 Å². The Morgan fingerprint density at radius 3 is 1.57 bits per heavy atom. The first-order valence-corrected chi connectivity index (χ1v) is 24.3. The number of hydrogen-bond acceptors (Lipinski definition) is 5. The number of benzene rings is 11. The van der Waals surface area contributed by atoms with Gasteiger partial charge in [-0.2, -0.15) is 0 Å². The Bertz CT molecular complexity index is 4460. The fourth-order valence-corrected chi connectivity index (χ4v) is 12.1. The van der Waals surface area contributed by atoms with Crippen LogP contribution in [0.25, 0.3) is 98.1 Å². The van der Waals surface area contributed by atoms with E-state index in [1.807, 2.05) is 0 Å². The van der Waals surface area contributed by atoms with Crippen LogP contribution in [-0.2, 0) is 11.8 Å². The van der Waals surface area contributed by atoms with Crippen LogP contribution in [-0.4, -0.2) is 0 Å². The number of anilines is 6. The van der Waals surface area contributed by atoms with Gasteiger partial charge in [-0.3, -0.25) is 0 Å². The smallest absolute Gasteiger partial charge is 0.143 e. The molecular weight excluding hydrogens is 857 g/mol. The highest BCUT2D eigenvalue weighted by Crippen LogP contribution is 2.54. The predicted octanol–water partition coefficient (Wildman–Crippen LogP) is 19.0. The third-order valence-corrected chi connectivity index (χ3v) is 15.2. The second kappa shape index (κ2) is 14.6. The van der Waals surface area contributed by atoms with Crippen molar-refractivity contribution in [1.82, 2.24) is 0 Å². The Morgan fingerprint density at radius 2 is 0.929 bits per heavy atom. The van der Waals surface area contributed by atoms with Gasteiger partial charge in [0.1, 0.15) is 33.5 Å². The van der Waals surface area contributed by atoms with E-state index in [9.17, 15) is 0 Å². The van der Waals surface area contributed by atoms with Crippen LogP contribution in [0.3, 0.4) is 0 Å². The molecule has 3 aromatic heterocycles. The Kier molecular flexibility index (Phi) is 8.18. The average molecular weight is 901 g/mol. The molecule has 332 valence electrons. The number of aryl methyl sites for hydroxylation is 1. The van der Waals surface area contributed by atoms with Gasteiger partial charge in [-0.05, 0) is 142 Å². The number of hydrogen-bond donors (Lipinski definition) is 0. The molecule has 0 saturated heterocycles. The van der Waals surface area contributed by atoms with Crippen molar-refractivity contribution in [2.75, 3.05) is 9.80 Å². The fraction of sp³-hybridized carbons (Fsp3) is 0.0769. The van der Waals surface area contributed by atoms with Crippen molar-refractivity contribution in [3.05, 3.63) is 217 Å². The summed E-state index contributed by atoms with van der Waals surface area (Å²) in [6.07, 6.45) is 1.90. The van der Waals surface area contributed by atoms with Crippen molar-refractivity contribution < 1.29 is 13.3 Å². The molecule has 1 aliphatic carbocycles. The second-order valence-corrected chi connectivity index (χ2v) is 19.6. The van der Waals surface area contributed by atoms with Gasteiger partial charge in [-0.1, -0.05) is 129 Å². The summed E-state index contributed by atoms with van der Waals surface area (Å²) in [5.41, 5.74) is 14.4. The minimum Gasteiger partial charge on any atom is -0.456 e. The lowest BCUT2D eigenvalue weighted by Crippen LogP contribution is -2.25. The molecular formula is C65H44N2O3. The van der Waals surface area contributed by atoms with Gasteiger partial charge in [-0.25, -0.2) is 0 Å². The summed E-state index contributed by atoms with van der Waals surface area (Å²) in [5, 5.41) is 13.7. The van der Waals surface area contributed by atoms with Crippen LogP contribution in [0.4, 0.5) is 34.1 Å². The van der Waals surface area contributed by atoms with Gasteiger partial charge in [-0.15, -0.1) is 0 Å². The van der Waals surface area contributed by atoms with Crippen LogP contribution in [0.1, 0.15) is 31.4 Å². The summed E-state index contributed by atoms with van der Waals surface area (Å²) in [6, 6.07) is 73.9. The van der Waals surface area contributed by atoms with Gasteiger partial charge in [0.2, 0.25) is 0 Å². The molecule has 0 aliphatic heterocycles. The minimum absolute atomic E-state index is 0.154. The molecule has 15 rings (SSSR count). The normalized spacial score (nSPS) is 13.6. The molecule has 5 nitrogen and oxygen atoms in total. The Balaban J connectivity index is 0.976. The van der Waals surface area contributed by atoms with E-state index >= 15 is 0 Å².